The minimum absolute atomic E-state index is 0.0536. The monoisotopic (exact) mass is 335 g/mol. The molecule has 0 saturated heterocycles. The van der Waals surface area contributed by atoms with Crippen molar-refractivity contribution >= 4 is 17.6 Å². The molecule has 3 rings (SSSR count). The number of aryl methyl sites for hydroxylation is 1. The molecule has 25 heavy (non-hydrogen) atoms. The SMILES string of the molecule is [C-]#[N+]c1ccc(O)c(C(=O)NC2=NCCCN2)c1-c1ccncc1C. The Morgan fingerprint density at radius 1 is 1.40 bits per heavy atom. The fraction of sp³-hybridized carbons (Fsp3) is 0.222. The van der Waals surface area contributed by atoms with Crippen LogP contribution in [0.2, 0.25) is 0 Å². The van der Waals surface area contributed by atoms with Gasteiger partial charge in [-0.05, 0) is 36.6 Å². The van der Waals surface area contributed by atoms with Gasteiger partial charge in [0, 0.05) is 31.0 Å². The quantitative estimate of drug-likeness (QED) is 0.735. The smallest absolute Gasteiger partial charge is 0.261 e. The molecule has 2 heterocycles. The van der Waals surface area contributed by atoms with E-state index in [1.165, 1.54) is 12.1 Å². The van der Waals surface area contributed by atoms with Crippen molar-refractivity contribution in [3.8, 4) is 16.9 Å². The number of carbonyl (C=O) groups is 1. The second kappa shape index (κ2) is 7.01. The van der Waals surface area contributed by atoms with E-state index in [4.69, 9.17) is 6.57 Å². The van der Waals surface area contributed by atoms with Crippen LogP contribution in [0.15, 0.2) is 35.6 Å². The maximum absolute atomic E-state index is 12.8. The van der Waals surface area contributed by atoms with Gasteiger partial charge in [0.15, 0.2) is 11.6 Å². The lowest BCUT2D eigenvalue weighted by Gasteiger charge is -2.18. The molecule has 1 amide bonds. The number of phenolic OH excluding ortho intramolecular Hbond substituents is 1. The predicted molar refractivity (Wildman–Crippen MR) is 94.7 cm³/mol. The van der Waals surface area contributed by atoms with Crippen molar-refractivity contribution in [2.45, 2.75) is 13.3 Å². The van der Waals surface area contributed by atoms with E-state index < -0.39 is 5.91 Å². The fourth-order valence-corrected chi connectivity index (χ4v) is 2.72. The molecule has 0 bridgehead atoms. The summed E-state index contributed by atoms with van der Waals surface area (Å²) in [7, 11) is 0. The predicted octanol–water partition coefficient (Wildman–Crippen LogP) is 2.39. The molecule has 126 valence electrons. The number of nitrogens with zero attached hydrogens (tertiary/aromatic N) is 3. The van der Waals surface area contributed by atoms with Gasteiger partial charge in [0.1, 0.15) is 5.75 Å². The summed E-state index contributed by atoms with van der Waals surface area (Å²) in [5.41, 5.74) is 2.22. The number of hydrogen-bond donors (Lipinski definition) is 3. The van der Waals surface area contributed by atoms with E-state index >= 15 is 0 Å². The number of rotatable bonds is 2. The standard InChI is InChI=1S/C18H17N5O2/c1-11-10-20-9-6-12(11)15-13(19-2)4-5-14(24)16(15)17(25)23-18-21-7-3-8-22-18/h4-6,9-10,24H,3,7-8H2,1H3,(H2,21,22,23,25). The van der Waals surface area contributed by atoms with Gasteiger partial charge in [-0.15, -0.1) is 0 Å². The van der Waals surface area contributed by atoms with E-state index in [1.54, 1.807) is 18.5 Å². The molecule has 0 saturated carbocycles. The van der Waals surface area contributed by atoms with Gasteiger partial charge in [-0.25, -0.2) is 4.85 Å². The Morgan fingerprint density at radius 2 is 2.24 bits per heavy atom. The van der Waals surface area contributed by atoms with Gasteiger partial charge in [0.25, 0.3) is 5.91 Å². The molecule has 0 atom stereocenters. The van der Waals surface area contributed by atoms with Crippen molar-refractivity contribution in [1.29, 1.82) is 0 Å². The Hall–Kier alpha value is -3.40. The second-order valence-corrected chi connectivity index (χ2v) is 5.62. The van der Waals surface area contributed by atoms with Crippen LogP contribution in [0.5, 0.6) is 5.75 Å². The summed E-state index contributed by atoms with van der Waals surface area (Å²) in [6.45, 7) is 10.6. The van der Waals surface area contributed by atoms with Crippen molar-refractivity contribution in [2.75, 3.05) is 13.1 Å². The largest absolute Gasteiger partial charge is 0.507 e. The molecule has 0 unspecified atom stereocenters. The molecule has 3 N–H and O–H groups in total. The number of aromatic nitrogens is 1. The molecule has 7 nitrogen and oxygen atoms in total. The van der Waals surface area contributed by atoms with Gasteiger partial charge in [-0.3, -0.25) is 20.1 Å². The van der Waals surface area contributed by atoms with Crippen LogP contribution in [0.25, 0.3) is 16.0 Å². The number of hydrogen-bond acceptors (Lipinski definition) is 5. The van der Waals surface area contributed by atoms with Gasteiger partial charge < -0.3 is 10.4 Å². The summed E-state index contributed by atoms with van der Waals surface area (Å²) < 4.78 is 0. The lowest BCUT2D eigenvalue weighted by molar-refractivity contribution is 0.0973. The zero-order valence-corrected chi connectivity index (χ0v) is 13.7. The van der Waals surface area contributed by atoms with Gasteiger partial charge in [0.05, 0.1) is 12.1 Å². The van der Waals surface area contributed by atoms with Crippen LogP contribution in [-0.2, 0) is 0 Å². The molecule has 0 aliphatic carbocycles. The Balaban J connectivity index is 2.12. The van der Waals surface area contributed by atoms with Gasteiger partial charge >= 0.3 is 0 Å². The minimum Gasteiger partial charge on any atom is -0.507 e. The van der Waals surface area contributed by atoms with E-state index in [-0.39, 0.29) is 17.0 Å². The van der Waals surface area contributed by atoms with Crippen LogP contribution >= 0.6 is 0 Å². The van der Waals surface area contributed by atoms with Crippen LogP contribution in [0, 0.1) is 13.5 Å². The summed E-state index contributed by atoms with van der Waals surface area (Å²) in [6, 6.07) is 4.59. The first-order valence-corrected chi connectivity index (χ1v) is 7.86. The molecule has 0 spiro atoms. The molecule has 2 aromatic rings. The first kappa shape index (κ1) is 16.5. The molecule has 1 aliphatic rings. The highest BCUT2D eigenvalue weighted by atomic mass is 16.3. The van der Waals surface area contributed by atoms with E-state index in [0.29, 0.717) is 23.6 Å². The van der Waals surface area contributed by atoms with E-state index in [9.17, 15) is 9.90 Å². The van der Waals surface area contributed by atoms with Gasteiger partial charge in [-0.1, -0.05) is 6.07 Å². The maximum Gasteiger partial charge on any atom is 0.261 e. The lowest BCUT2D eigenvalue weighted by Crippen LogP contribution is -2.43. The normalized spacial score (nSPS) is 13.4. The zero-order valence-electron chi connectivity index (χ0n) is 13.7. The molecule has 0 radical (unpaired) electrons. The third-order valence-corrected chi connectivity index (χ3v) is 3.93. The minimum atomic E-state index is -0.512. The lowest BCUT2D eigenvalue weighted by atomic mass is 9.94. The molecule has 0 fully saturated rings. The topological polar surface area (TPSA) is 91.0 Å². The summed E-state index contributed by atoms with van der Waals surface area (Å²) in [4.78, 5) is 24.6. The number of pyridine rings is 1. The average molecular weight is 335 g/mol. The zero-order chi connectivity index (χ0) is 17.8. The number of amides is 1. The van der Waals surface area contributed by atoms with Crippen molar-refractivity contribution in [2.24, 2.45) is 4.99 Å². The fourth-order valence-electron chi connectivity index (χ4n) is 2.72. The van der Waals surface area contributed by atoms with Gasteiger partial charge in [0.2, 0.25) is 0 Å². The van der Waals surface area contributed by atoms with Crippen molar-refractivity contribution < 1.29 is 9.90 Å². The summed E-state index contributed by atoms with van der Waals surface area (Å²) in [6.07, 6.45) is 4.15. The Kier molecular flexibility index (Phi) is 4.61. The van der Waals surface area contributed by atoms with Crippen LogP contribution in [0.4, 0.5) is 5.69 Å². The van der Waals surface area contributed by atoms with Gasteiger partial charge in [-0.2, -0.15) is 0 Å². The third kappa shape index (κ3) is 3.28. The Labute approximate surface area is 145 Å². The first-order valence-electron chi connectivity index (χ1n) is 7.86. The molecular weight excluding hydrogens is 318 g/mol. The molecule has 1 aromatic heterocycles. The number of nitrogens with one attached hydrogen (secondary N) is 2. The average Bonchev–Trinajstić information content (AvgIpc) is 2.62. The summed E-state index contributed by atoms with van der Waals surface area (Å²) in [5, 5.41) is 16.0. The second-order valence-electron chi connectivity index (χ2n) is 5.62. The molecule has 1 aliphatic heterocycles. The number of phenols is 1. The van der Waals surface area contributed by atoms with Crippen LogP contribution in [0.3, 0.4) is 0 Å². The first-order chi connectivity index (χ1) is 12.1. The molecule has 1 aromatic carbocycles. The Morgan fingerprint density at radius 3 is 2.92 bits per heavy atom. The summed E-state index contributed by atoms with van der Waals surface area (Å²) >= 11 is 0. The van der Waals surface area contributed by atoms with E-state index in [1.807, 2.05) is 6.92 Å². The van der Waals surface area contributed by atoms with E-state index in [0.717, 1.165) is 18.5 Å². The number of carbonyl (C=O) groups excluding carboxylic acids is 1. The van der Waals surface area contributed by atoms with Crippen LogP contribution in [0.1, 0.15) is 22.3 Å². The maximum atomic E-state index is 12.8. The van der Waals surface area contributed by atoms with Crippen molar-refractivity contribution in [1.82, 2.24) is 15.6 Å². The third-order valence-electron chi connectivity index (χ3n) is 3.93. The highest BCUT2D eigenvalue weighted by Crippen LogP contribution is 2.39. The van der Waals surface area contributed by atoms with Crippen molar-refractivity contribution in [3.05, 3.63) is 53.1 Å². The number of aromatic hydroxyl groups is 1. The van der Waals surface area contributed by atoms with Crippen LogP contribution < -0.4 is 10.6 Å². The highest BCUT2D eigenvalue weighted by Gasteiger charge is 2.23. The number of aliphatic imine (C=N–C) groups is 1. The summed E-state index contributed by atoms with van der Waals surface area (Å²) in [5.74, 6) is -0.323. The molecule has 7 heteroatoms. The van der Waals surface area contributed by atoms with Crippen molar-refractivity contribution in [3.63, 3.8) is 0 Å². The number of benzene rings is 1. The Bertz CT molecular complexity index is 899. The highest BCUT2D eigenvalue weighted by molar-refractivity contribution is 6.12. The number of guanidine groups is 1. The van der Waals surface area contributed by atoms with E-state index in [2.05, 4.69) is 25.5 Å². The molecular formula is C18H17N5O2. The van der Waals surface area contributed by atoms with Crippen LogP contribution in [-0.4, -0.2) is 35.0 Å².